The summed E-state index contributed by atoms with van der Waals surface area (Å²) in [6.07, 6.45) is 5.80. The summed E-state index contributed by atoms with van der Waals surface area (Å²) in [5, 5.41) is 2.54. The summed E-state index contributed by atoms with van der Waals surface area (Å²) < 4.78 is 5.82. The molecule has 4 nitrogen and oxygen atoms in total. The Kier molecular flexibility index (Phi) is 4.13. The monoisotopic (exact) mass is 319 g/mol. The Hall–Kier alpha value is -2.46. The van der Waals surface area contributed by atoms with Crippen molar-refractivity contribution in [3.63, 3.8) is 0 Å². The minimum atomic E-state index is 0.383. The van der Waals surface area contributed by atoms with Gasteiger partial charge in [-0.05, 0) is 73.4 Å². The van der Waals surface area contributed by atoms with Crippen molar-refractivity contribution in [1.29, 1.82) is 0 Å². The van der Waals surface area contributed by atoms with E-state index in [0.29, 0.717) is 11.9 Å². The van der Waals surface area contributed by atoms with E-state index in [9.17, 15) is 0 Å². The highest BCUT2D eigenvalue weighted by molar-refractivity contribution is 5.87. The number of benzene rings is 2. The van der Waals surface area contributed by atoms with Crippen LogP contribution in [0.5, 0.6) is 11.8 Å². The van der Waals surface area contributed by atoms with Crippen molar-refractivity contribution in [2.24, 2.45) is 0 Å². The molecular weight excluding hydrogens is 298 g/mol. The Bertz CT molecular complexity index is 827. The highest BCUT2D eigenvalue weighted by Crippen LogP contribution is 2.34. The molecule has 2 aromatic carbocycles. The normalized spacial score (nSPS) is 16.4. The number of likely N-dealkylation sites (tertiary alicyclic amines) is 1. The Labute approximate surface area is 142 Å². The summed E-state index contributed by atoms with van der Waals surface area (Å²) in [6.45, 7) is 2.32. The van der Waals surface area contributed by atoms with E-state index in [0.717, 1.165) is 18.8 Å². The zero-order valence-corrected chi connectivity index (χ0v) is 13.9. The van der Waals surface area contributed by atoms with Crippen LogP contribution < -0.4 is 4.74 Å². The first-order chi connectivity index (χ1) is 11.8. The van der Waals surface area contributed by atoms with Crippen molar-refractivity contribution >= 4 is 10.8 Å². The minimum absolute atomic E-state index is 0.383. The number of aromatic nitrogens is 2. The third kappa shape index (κ3) is 3.10. The van der Waals surface area contributed by atoms with Crippen LogP contribution >= 0.6 is 0 Å². The summed E-state index contributed by atoms with van der Waals surface area (Å²) in [5.74, 6) is 1.40. The van der Waals surface area contributed by atoms with E-state index in [1.165, 1.54) is 29.2 Å². The molecule has 4 heteroatoms. The largest absolute Gasteiger partial charge is 0.424 e. The summed E-state index contributed by atoms with van der Waals surface area (Å²) in [4.78, 5) is 10.7. The minimum Gasteiger partial charge on any atom is -0.424 e. The van der Waals surface area contributed by atoms with E-state index in [4.69, 9.17) is 4.74 Å². The van der Waals surface area contributed by atoms with Gasteiger partial charge in [-0.2, -0.15) is 0 Å². The maximum atomic E-state index is 5.82. The Balaban J connectivity index is 1.68. The van der Waals surface area contributed by atoms with Gasteiger partial charge in [-0.25, -0.2) is 9.97 Å². The van der Waals surface area contributed by atoms with E-state index in [1.807, 2.05) is 6.07 Å². The quantitative estimate of drug-likeness (QED) is 0.724. The molecule has 1 aliphatic heterocycles. The Morgan fingerprint density at radius 1 is 1.00 bits per heavy atom. The predicted octanol–water partition coefficient (Wildman–Crippen LogP) is 4.23. The highest BCUT2D eigenvalue weighted by atomic mass is 16.5. The van der Waals surface area contributed by atoms with E-state index in [1.54, 1.807) is 18.5 Å². The van der Waals surface area contributed by atoms with Crippen molar-refractivity contribution < 1.29 is 4.74 Å². The van der Waals surface area contributed by atoms with Gasteiger partial charge in [0, 0.05) is 12.4 Å². The molecule has 1 fully saturated rings. The summed E-state index contributed by atoms with van der Waals surface area (Å²) >= 11 is 0. The molecule has 0 aliphatic carbocycles. The van der Waals surface area contributed by atoms with Gasteiger partial charge in [0.2, 0.25) is 0 Å². The van der Waals surface area contributed by atoms with E-state index in [-0.39, 0.29) is 0 Å². The Morgan fingerprint density at radius 3 is 2.58 bits per heavy atom. The van der Waals surface area contributed by atoms with Gasteiger partial charge in [0.25, 0.3) is 0 Å². The van der Waals surface area contributed by atoms with Crippen molar-refractivity contribution in [2.75, 3.05) is 20.1 Å². The van der Waals surface area contributed by atoms with Gasteiger partial charge in [-0.1, -0.05) is 24.3 Å². The molecule has 4 rings (SSSR count). The maximum absolute atomic E-state index is 5.82. The molecule has 0 saturated carbocycles. The first-order valence-electron chi connectivity index (χ1n) is 8.46. The van der Waals surface area contributed by atoms with Crippen molar-refractivity contribution in [3.8, 4) is 11.8 Å². The molecule has 1 aromatic heterocycles. The molecule has 0 radical (unpaired) electrons. The number of hydrogen-bond donors (Lipinski definition) is 0. The summed E-state index contributed by atoms with van der Waals surface area (Å²) in [5.41, 5.74) is 1.43. The standard InChI is InChI=1S/C20H21N3O/c1-23-12-8-16(9-13-23)18-5-2-4-15-6-7-17(14-19(15)18)24-20-21-10-3-11-22-20/h2-7,10-11,14,16H,8-9,12-13H2,1H3. The molecule has 0 N–H and O–H groups in total. The molecule has 0 bridgehead atoms. The average Bonchev–Trinajstić information content (AvgIpc) is 2.63. The number of ether oxygens (including phenoxy) is 1. The van der Waals surface area contributed by atoms with Crippen LogP contribution in [-0.4, -0.2) is 35.0 Å². The topological polar surface area (TPSA) is 38.2 Å². The number of nitrogens with zero attached hydrogens (tertiary/aromatic N) is 3. The van der Waals surface area contributed by atoms with Crippen molar-refractivity contribution in [3.05, 3.63) is 60.4 Å². The lowest BCUT2D eigenvalue weighted by atomic mass is 9.86. The third-order valence-electron chi connectivity index (χ3n) is 4.80. The van der Waals surface area contributed by atoms with Gasteiger partial charge < -0.3 is 9.64 Å². The van der Waals surface area contributed by atoms with E-state index >= 15 is 0 Å². The maximum Gasteiger partial charge on any atom is 0.321 e. The van der Waals surface area contributed by atoms with Crippen LogP contribution in [0.4, 0.5) is 0 Å². The number of fused-ring (bicyclic) bond motifs is 1. The van der Waals surface area contributed by atoms with Crippen LogP contribution in [0.3, 0.4) is 0 Å². The number of rotatable bonds is 3. The molecule has 24 heavy (non-hydrogen) atoms. The average molecular weight is 319 g/mol. The van der Waals surface area contributed by atoms with Gasteiger partial charge in [-0.15, -0.1) is 0 Å². The molecular formula is C20H21N3O. The first-order valence-corrected chi connectivity index (χ1v) is 8.46. The second-order valence-electron chi connectivity index (χ2n) is 6.44. The van der Waals surface area contributed by atoms with Crippen LogP contribution in [0.15, 0.2) is 54.9 Å². The third-order valence-corrected chi connectivity index (χ3v) is 4.80. The van der Waals surface area contributed by atoms with Gasteiger partial charge in [0.15, 0.2) is 0 Å². The lowest BCUT2D eigenvalue weighted by molar-refractivity contribution is 0.256. The second kappa shape index (κ2) is 6.57. The van der Waals surface area contributed by atoms with Crippen molar-refractivity contribution in [2.45, 2.75) is 18.8 Å². The van der Waals surface area contributed by atoms with Gasteiger partial charge in [0.1, 0.15) is 5.75 Å². The SMILES string of the molecule is CN1CCC(c2cccc3ccc(Oc4ncccn4)cc23)CC1. The molecule has 2 heterocycles. The van der Waals surface area contributed by atoms with Crippen LogP contribution in [0.2, 0.25) is 0 Å². The lowest BCUT2D eigenvalue weighted by Crippen LogP contribution is -2.29. The zero-order valence-electron chi connectivity index (χ0n) is 13.9. The predicted molar refractivity (Wildman–Crippen MR) is 95.5 cm³/mol. The smallest absolute Gasteiger partial charge is 0.321 e. The van der Waals surface area contributed by atoms with E-state index < -0.39 is 0 Å². The fraction of sp³-hybridized carbons (Fsp3) is 0.300. The second-order valence-corrected chi connectivity index (χ2v) is 6.44. The fourth-order valence-corrected chi connectivity index (χ4v) is 3.46. The lowest BCUT2D eigenvalue weighted by Gasteiger charge is -2.30. The molecule has 0 amide bonds. The summed E-state index contributed by atoms with van der Waals surface area (Å²) in [7, 11) is 2.20. The van der Waals surface area contributed by atoms with Crippen LogP contribution in [0.25, 0.3) is 10.8 Å². The first kappa shape index (κ1) is 15.1. The molecule has 1 aliphatic rings. The Morgan fingerprint density at radius 2 is 1.79 bits per heavy atom. The van der Waals surface area contributed by atoms with Gasteiger partial charge >= 0.3 is 6.01 Å². The molecule has 0 spiro atoms. The number of piperidine rings is 1. The summed E-state index contributed by atoms with van der Waals surface area (Å²) in [6, 6.07) is 15.0. The molecule has 3 aromatic rings. The van der Waals surface area contributed by atoms with E-state index in [2.05, 4.69) is 52.2 Å². The molecule has 0 unspecified atom stereocenters. The molecule has 122 valence electrons. The van der Waals surface area contributed by atoms with Crippen molar-refractivity contribution in [1.82, 2.24) is 14.9 Å². The molecule has 1 saturated heterocycles. The van der Waals surface area contributed by atoms with Crippen LogP contribution in [-0.2, 0) is 0 Å². The number of hydrogen-bond acceptors (Lipinski definition) is 4. The fourth-order valence-electron chi connectivity index (χ4n) is 3.46. The van der Waals surface area contributed by atoms with Crippen LogP contribution in [0, 0.1) is 0 Å². The van der Waals surface area contributed by atoms with Gasteiger partial charge in [-0.3, -0.25) is 0 Å². The zero-order chi connectivity index (χ0) is 16.4. The highest BCUT2D eigenvalue weighted by Gasteiger charge is 2.20. The van der Waals surface area contributed by atoms with Gasteiger partial charge in [0.05, 0.1) is 0 Å². The molecule has 0 atom stereocenters. The van der Waals surface area contributed by atoms with Crippen LogP contribution in [0.1, 0.15) is 24.3 Å².